The van der Waals surface area contributed by atoms with Crippen LogP contribution in [-0.2, 0) is 6.54 Å². The third kappa shape index (κ3) is 2.48. The van der Waals surface area contributed by atoms with Crippen molar-refractivity contribution in [3.8, 4) is 0 Å². The minimum atomic E-state index is 0.670. The molecule has 0 aliphatic carbocycles. The molecular formula is C12H14N4. The van der Waals surface area contributed by atoms with Crippen LogP contribution in [0.4, 0.5) is 11.5 Å². The molecule has 0 aliphatic rings. The third-order valence-electron chi connectivity index (χ3n) is 2.39. The summed E-state index contributed by atoms with van der Waals surface area (Å²) in [5.41, 5.74) is 8.62. The highest BCUT2D eigenvalue weighted by molar-refractivity contribution is 5.44. The van der Waals surface area contributed by atoms with E-state index in [-0.39, 0.29) is 0 Å². The monoisotopic (exact) mass is 214 g/mol. The first kappa shape index (κ1) is 10.4. The number of hydrogen-bond acceptors (Lipinski definition) is 4. The van der Waals surface area contributed by atoms with Gasteiger partial charge in [-0.2, -0.15) is 0 Å². The quantitative estimate of drug-likeness (QED) is 0.820. The fourth-order valence-corrected chi connectivity index (χ4v) is 1.38. The van der Waals surface area contributed by atoms with Crippen molar-refractivity contribution in [2.24, 2.45) is 0 Å². The van der Waals surface area contributed by atoms with E-state index in [0.29, 0.717) is 5.69 Å². The molecule has 82 valence electrons. The Balaban J connectivity index is 2.02. The van der Waals surface area contributed by atoms with Crippen LogP contribution in [0.25, 0.3) is 0 Å². The first-order valence-corrected chi connectivity index (χ1v) is 5.10. The van der Waals surface area contributed by atoms with Gasteiger partial charge in [0, 0.05) is 18.9 Å². The number of anilines is 2. The molecule has 0 saturated heterocycles. The molecule has 0 bridgehead atoms. The number of aromatic nitrogens is 2. The van der Waals surface area contributed by atoms with Gasteiger partial charge in [-0.1, -0.05) is 0 Å². The molecule has 3 N–H and O–H groups in total. The Labute approximate surface area is 94.5 Å². The first-order chi connectivity index (χ1) is 7.75. The van der Waals surface area contributed by atoms with Crippen molar-refractivity contribution in [3.63, 3.8) is 0 Å². The van der Waals surface area contributed by atoms with Crippen LogP contribution in [0.3, 0.4) is 0 Å². The molecule has 4 nitrogen and oxygen atoms in total. The Morgan fingerprint density at radius 2 is 2.12 bits per heavy atom. The maximum atomic E-state index is 5.56. The molecule has 2 heterocycles. The standard InChI is InChI=1S/C12H14N4/c1-9-4-5-14-6-10(9)7-15-12-3-2-11(13)8-16-12/h2-6,8H,7,13H2,1H3,(H,15,16). The fraction of sp³-hybridized carbons (Fsp3) is 0.167. The van der Waals surface area contributed by atoms with Crippen LogP contribution in [0.15, 0.2) is 36.8 Å². The summed E-state index contributed by atoms with van der Waals surface area (Å²) >= 11 is 0. The van der Waals surface area contributed by atoms with Gasteiger partial charge in [0.15, 0.2) is 0 Å². The summed E-state index contributed by atoms with van der Waals surface area (Å²) in [5.74, 6) is 0.817. The van der Waals surface area contributed by atoms with E-state index in [1.165, 1.54) is 11.1 Å². The lowest BCUT2D eigenvalue weighted by molar-refractivity contribution is 1.06. The molecule has 2 aromatic heterocycles. The van der Waals surface area contributed by atoms with E-state index in [4.69, 9.17) is 5.73 Å². The molecule has 0 saturated carbocycles. The minimum absolute atomic E-state index is 0.670. The van der Waals surface area contributed by atoms with Crippen LogP contribution in [-0.4, -0.2) is 9.97 Å². The van der Waals surface area contributed by atoms with Crippen LogP contribution in [0.2, 0.25) is 0 Å². The number of hydrogen-bond donors (Lipinski definition) is 2. The number of aryl methyl sites for hydroxylation is 1. The highest BCUT2D eigenvalue weighted by atomic mass is 15.0. The van der Waals surface area contributed by atoms with Gasteiger partial charge in [0.1, 0.15) is 5.82 Å². The molecule has 0 spiro atoms. The van der Waals surface area contributed by atoms with Crippen molar-refractivity contribution in [3.05, 3.63) is 47.9 Å². The van der Waals surface area contributed by atoms with Gasteiger partial charge in [-0.3, -0.25) is 4.98 Å². The zero-order chi connectivity index (χ0) is 11.4. The maximum Gasteiger partial charge on any atom is 0.126 e. The van der Waals surface area contributed by atoms with Gasteiger partial charge in [0.05, 0.1) is 11.9 Å². The Kier molecular flexibility index (Phi) is 3.00. The van der Waals surface area contributed by atoms with Crippen LogP contribution < -0.4 is 11.1 Å². The van der Waals surface area contributed by atoms with Crippen LogP contribution in [0.1, 0.15) is 11.1 Å². The predicted octanol–water partition coefficient (Wildman–Crippen LogP) is 1.98. The van der Waals surface area contributed by atoms with Gasteiger partial charge < -0.3 is 11.1 Å². The second kappa shape index (κ2) is 4.61. The topological polar surface area (TPSA) is 63.8 Å². The van der Waals surface area contributed by atoms with E-state index in [1.807, 2.05) is 24.4 Å². The highest BCUT2D eigenvalue weighted by Crippen LogP contribution is 2.10. The van der Waals surface area contributed by atoms with E-state index < -0.39 is 0 Å². The predicted molar refractivity (Wildman–Crippen MR) is 65.0 cm³/mol. The van der Waals surface area contributed by atoms with Crippen molar-refractivity contribution < 1.29 is 0 Å². The van der Waals surface area contributed by atoms with Crippen molar-refractivity contribution in [2.45, 2.75) is 13.5 Å². The summed E-state index contributed by atoms with van der Waals surface area (Å²) in [5, 5.41) is 3.22. The average Bonchev–Trinajstić information content (AvgIpc) is 2.30. The van der Waals surface area contributed by atoms with Gasteiger partial charge in [-0.05, 0) is 36.2 Å². The Morgan fingerprint density at radius 1 is 1.25 bits per heavy atom. The van der Waals surface area contributed by atoms with E-state index in [9.17, 15) is 0 Å². The van der Waals surface area contributed by atoms with Crippen LogP contribution in [0.5, 0.6) is 0 Å². The highest BCUT2D eigenvalue weighted by Gasteiger charge is 1.98. The van der Waals surface area contributed by atoms with Gasteiger partial charge in [-0.15, -0.1) is 0 Å². The number of nitrogens with one attached hydrogen (secondary N) is 1. The number of nitrogens with zero attached hydrogens (tertiary/aromatic N) is 2. The lowest BCUT2D eigenvalue weighted by Gasteiger charge is -2.07. The molecule has 2 aromatic rings. The molecule has 0 fully saturated rings. The molecule has 0 atom stereocenters. The van der Waals surface area contributed by atoms with Crippen LogP contribution >= 0.6 is 0 Å². The molecule has 4 heteroatoms. The van der Waals surface area contributed by atoms with Gasteiger partial charge in [0.25, 0.3) is 0 Å². The normalized spacial score (nSPS) is 10.1. The molecule has 0 aliphatic heterocycles. The third-order valence-corrected chi connectivity index (χ3v) is 2.39. The fourth-order valence-electron chi connectivity index (χ4n) is 1.38. The zero-order valence-electron chi connectivity index (χ0n) is 9.14. The van der Waals surface area contributed by atoms with E-state index in [1.54, 1.807) is 12.4 Å². The lowest BCUT2D eigenvalue weighted by Crippen LogP contribution is -2.03. The van der Waals surface area contributed by atoms with Gasteiger partial charge >= 0.3 is 0 Å². The molecular weight excluding hydrogens is 200 g/mol. The largest absolute Gasteiger partial charge is 0.397 e. The average molecular weight is 214 g/mol. The Hall–Kier alpha value is -2.10. The van der Waals surface area contributed by atoms with Gasteiger partial charge in [-0.25, -0.2) is 4.98 Å². The van der Waals surface area contributed by atoms with Crippen molar-refractivity contribution >= 4 is 11.5 Å². The molecule has 0 aromatic carbocycles. The number of rotatable bonds is 3. The van der Waals surface area contributed by atoms with E-state index in [2.05, 4.69) is 22.2 Å². The maximum absolute atomic E-state index is 5.56. The summed E-state index contributed by atoms with van der Waals surface area (Å²) < 4.78 is 0. The van der Waals surface area contributed by atoms with E-state index >= 15 is 0 Å². The molecule has 16 heavy (non-hydrogen) atoms. The second-order valence-corrected chi connectivity index (χ2v) is 3.63. The van der Waals surface area contributed by atoms with Crippen molar-refractivity contribution in [1.82, 2.24) is 9.97 Å². The second-order valence-electron chi connectivity index (χ2n) is 3.63. The summed E-state index contributed by atoms with van der Waals surface area (Å²) in [4.78, 5) is 8.26. The molecule has 0 amide bonds. The first-order valence-electron chi connectivity index (χ1n) is 5.10. The van der Waals surface area contributed by atoms with Crippen LogP contribution in [0, 0.1) is 6.92 Å². The zero-order valence-corrected chi connectivity index (χ0v) is 9.14. The van der Waals surface area contributed by atoms with Crippen molar-refractivity contribution in [2.75, 3.05) is 11.1 Å². The van der Waals surface area contributed by atoms with E-state index in [0.717, 1.165) is 12.4 Å². The van der Waals surface area contributed by atoms with Gasteiger partial charge in [0.2, 0.25) is 0 Å². The summed E-state index contributed by atoms with van der Waals surface area (Å²) in [6.45, 7) is 2.78. The number of nitrogen functional groups attached to an aromatic ring is 1. The minimum Gasteiger partial charge on any atom is -0.397 e. The summed E-state index contributed by atoms with van der Waals surface area (Å²) in [6.07, 6.45) is 5.29. The summed E-state index contributed by atoms with van der Waals surface area (Å²) in [6, 6.07) is 5.68. The Bertz CT molecular complexity index is 465. The molecule has 2 rings (SSSR count). The van der Waals surface area contributed by atoms with Crippen molar-refractivity contribution in [1.29, 1.82) is 0 Å². The Morgan fingerprint density at radius 3 is 2.81 bits per heavy atom. The lowest BCUT2D eigenvalue weighted by atomic mass is 10.1. The molecule has 0 unspecified atom stereocenters. The molecule has 0 radical (unpaired) electrons. The SMILES string of the molecule is Cc1ccncc1CNc1ccc(N)cn1. The summed E-state index contributed by atoms with van der Waals surface area (Å²) in [7, 11) is 0. The smallest absolute Gasteiger partial charge is 0.126 e. The number of nitrogens with two attached hydrogens (primary N) is 1. The number of pyridine rings is 2.